The SMILES string of the molecule is CNC(=O)c1c(N)nsc1NCC1CCC(C)C1. The Labute approximate surface area is 111 Å². The predicted molar refractivity (Wildman–Crippen MR) is 74.9 cm³/mol. The fraction of sp³-hybridized carbons (Fsp3) is 0.667. The van der Waals surface area contributed by atoms with Crippen molar-refractivity contribution in [3.05, 3.63) is 5.56 Å². The van der Waals surface area contributed by atoms with Crippen LogP contribution in [0.5, 0.6) is 0 Å². The first-order chi connectivity index (χ1) is 8.61. The van der Waals surface area contributed by atoms with Gasteiger partial charge in [0.15, 0.2) is 5.82 Å². The third kappa shape index (κ3) is 2.75. The molecule has 0 spiro atoms. The van der Waals surface area contributed by atoms with Crippen molar-refractivity contribution < 1.29 is 4.79 Å². The largest absolute Gasteiger partial charge is 0.382 e. The number of aromatic nitrogens is 1. The lowest BCUT2D eigenvalue weighted by molar-refractivity contribution is 0.0965. The summed E-state index contributed by atoms with van der Waals surface area (Å²) in [7, 11) is 1.60. The highest BCUT2D eigenvalue weighted by Crippen LogP contribution is 2.32. The fourth-order valence-electron chi connectivity index (χ4n) is 2.51. The van der Waals surface area contributed by atoms with E-state index in [1.54, 1.807) is 7.05 Å². The number of anilines is 2. The topological polar surface area (TPSA) is 80.0 Å². The van der Waals surface area contributed by atoms with Gasteiger partial charge in [-0.1, -0.05) is 13.3 Å². The molecule has 2 atom stereocenters. The van der Waals surface area contributed by atoms with Gasteiger partial charge in [-0.25, -0.2) is 0 Å². The first-order valence-electron chi connectivity index (χ1n) is 6.33. The van der Waals surface area contributed by atoms with Crippen molar-refractivity contribution in [2.45, 2.75) is 26.2 Å². The molecule has 2 rings (SSSR count). The van der Waals surface area contributed by atoms with Crippen LogP contribution in [0.25, 0.3) is 0 Å². The van der Waals surface area contributed by atoms with E-state index < -0.39 is 0 Å². The molecule has 1 aromatic heterocycles. The van der Waals surface area contributed by atoms with Crippen molar-refractivity contribution in [1.82, 2.24) is 9.69 Å². The molecule has 0 radical (unpaired) electrons. The lowest BCUT2D eigenvalue weighted by Crippen LogP contribution is -2.21. The number of carbonyl (C=O) groups excluding carboxylic acids is 1. The summed E-state index contributed by atoms with van der Waals surface area (Å²) >= 11 is 1.26. The van der Waals surface area contributed by atoms with Crippen molar-refractivity contribution in [2.24, 2.45) is 11.8 Å². The van der Waals surface area contributed by atoms with Crippen LogP contribution in [0.2, 0.25) is 0 Å². The molecule has 1 aromatic rings. The average molecular weight is 268 g/mol. The van der Waals surface area contributed by atoms with Crippen molar-refractivity contribution in [3.63, 3.8) is 0 Å². The Bertz CT molecular complexity index is 432. The summed E-state index contributed by atoms with van der Waals surface area (Å²) in [6, 6.07) is 0. The standard InChI is InChI=1S/C12H20N4OS/c1-7-3-4-8(5-7)6-15-12-9(11(17)14-2)10(13)16-18-12/h7-8,15H,3-6H2,1-2H3,(H2,13,16)(H,14,17). The minimum atomic E-state index is -0.177. The second-order valence-electron chi connectivity index (χ2n) is 5.02. The van der Waals surface area contributed by atoms with Crippen LogP contribution >= 0.6 is 11.5 Å². The second kappa shape index (κ2) is 5.56. The summed E-state index contributed by atoms with van der Waals surface area (Å²) in [4.78, 5) is 11.7. The zero-order valence-corrected chi connectivity index (χ0v) is 11.6. The molecule has 5 nitrogen and oxygen atoms in total. The van der Waals surface area contributed by atoms with Crippen molar-refractivity contribution in [1.29, 1.82) is 0 Å². The maximum atomic E-state index is 11.7. The minimum Gasteiger partial charge on any atom is -0.382 e. The smallest absolute Gasteiger partial charge is 0.257 e. The molecule has 100 valence electrons. The zero-order valence-electron chi connectivity index (χ0n) is 10.8. The Morgan fingerprint density at radius 2 is 2.33 bits per heavy atom. The van der Waals surface area contributed by atoms with E-state index in [4.69, 9.17) is 5.73 Å². The molecule has 0 saturated heterocycles. The molecule has 0 bridgehead atoms. The number of carbonyl (C=O) groups is 1. The minimum absolute atomic E-state index is 0.177. The van der Waals surface area contributed by atoms with Gasteiger partial charge < -0.3 is 16.4 Å². The van der Waals surface area contributed by atoms with Crippen molar-refractivity contribution >= 4 is 28.3 Å². The highest BCUT2D eigenvalue weighted by Gasteiger charge is 2.23. The Kier molecular flexibility index (Phi) is 4.06. The van der Waals surface area contributed by atoms with Crippen LogP contribution in [0.4, 0.5) is 10.8 Å². The van der Waals surface area contributed by atoms with Crippen molar-refractivity contribution in [2.75, 3.05) is 24.6 Å². The van der Waals surface area contributed by atoms with Crippen molar-refractivity contribution in [3.8, 4) is 0 Å². The molecule has 0 aromatic carbocycles. The summed E-state index contributed by atoms with van der Waals surface area (Å²) in [6.45, 7) is 3.19. The third-order valence-electron chi connectivity index (χ3n) is 3.53. The number of nitrogens with two attached hydrogens (primary N) is 1. The average Bonchev–Trinajstić information content (AvgIpc) is 2.92. The van der Waals surface area contributed by atoms with Gasteiger partial charge >= 0.3 is 0 Å². The van der Waals surface area contributed by atoms with Gasteiger partial charge in [-0.05, 0) is 36.2 Å². The first kappa shape index (κ1) is 13.1. The van der Waals surface area contributed by atoms with Crippen LogP contribution in [0.15, 0.2) is 0 Å². The van der Waals surface area contributed by atoms with E-state index in [-0.39, 0.29) is 5.91 Å². The van der Waals surface area contributed by atoms with E-state index in [0.717, 1.165) is 17.5 Å². The van der Waals surface area contributed by atoms with Crippen LogP contribution < -0.4 is 16.4 Å². The maximum absolute atomic E-state index is 11.7. The number of nitrogens with zero attached hydrogens (tertiary/aromatic N) is 1. The summed E-state index contributed by atoms with van der Waals surface area (Å²) in [5, 5.41) is 6.70. The Morgan fingerprint density at radius 3 is 2.94 bits per heavy atom. The Hall–Kier alpha value is -1.30. The van der Waals surface area contributed by atoms with Crippen LogP contribution in [0.1, 0.15) is 36.5 Å². The Balaban J connectivity index is 1.99. The first-order valence-corrected chi connectivity index (χ1v) is 7.10. The summed E-state index contributed by atoms with van der Waals surface area (Å²) < 4.78 is 4.04. The summed E-state index contributed by atoms with van der Waals surface area (Å²) in [5.41, 5.74) is 6.20. The normalized spacial score (nSPS) is 23.0. The highest BCUT2D eigenvalue weighted by atomic mass is 32.1. The molecule has 1 amide bonds. The van der Waals surface area contributed by atoms with E-state index in [1.165, 1.54) is 30.8 Å². The molecule has 18 heavy (non-hydrogen) atoms. The van der Waals surface area contributed by atoms with Gasteiger partial charge in [0.1, 0.15) is 10.6 Å². The van der Waals surface area contributed by atoms with E-state index in [0.29, 0.717) is 17.3 Å². The molecule has 1 aliphatic carbocycles. The monoisotopic (exact) mass is 268 g/mol. The molecule has 1 aliphatic rings. The highest BCUT2D eigenvalue weighted by molar-refractivity contribution is 7.11. The van der Waals surface area contributed by atoms with Gasteiger partial charge in [0, 0.05) is 13.6 Å². The number of nitrogens with one attached hydrogen (secondary N) is 2. The third-order valence-corrected chi connectivity index (χ3v) is 4.35. The quantitative estimate of drug-likeness (QED) is 0.779. The van der Waals surface area contributed by atoms with Gasteiger partial charge in [-0.3, -0.25) is 4.79 Å². The molecule has 4 N–H and O–H groups in total. The second-order valence-corrected chi connectivity index (χ2v) is 5.79. The molecule has 0 aliphatic heterocycles. The molecule has 1 fully saturated rings. The van der Waals surface area contributed by atoms with Gasteiger partial charge in [0.2, 0.25) is 0 Å². The van der Waals surface area contributed by atoms with Gasteiger partial charge in [0.05, 0.1) is 0 Å². The van der Waals surface area contributed by atoms with E-state index >= 15 is 0 Å². The van der Waals surface area contributed by atoms with Gasteiger partial charge in [-0.2, -0.15) is 4.37 Å². The van der Waals surface area contributed by atoms with Gasteiger partial charge in [0.25, 0.3) is 5.91 Å². The fourth-order valence-corrected chi connectivity index (χ4v) is 3.23. The lowest BCUT2D eigenvalue weighted by Gasteiger charge is -2.11. The summed E-state index contributed by atoms with van der Waals surface area (Å²) in [5.74, 6) is 1.65. The van der Waals surface area contributed by atoms with E-state index in [1.807, 2.05) is 0 Å². The molecule has 1 heterocycles. The number of amides is 1. The molecule has 1 saturated carbocycles. The van der Waals surface area contributed by atoms with Crippen LogP contribution in [0, 0.1) is 11.8 Å². The van der Waals surface area contributed by atoms with Crippen LogP contribution in [-0.4, -0.2) is 23.9 Å². The van der Waals surface area contributed by atoms with Crippen LogP contribution in [-0.2, 0) is 0 Å². The van der Waals surface area contributed by atoms with E-state index in [9.17, 15) is 4.79 Å². The zero-order chi connectivity index (χ0) is 13.1. The number of hydrogen-bond acceptors (Lipinski definition) is 5. The number of hydrogen-bond donors (Lipinski definition) is 3. The molecular weight excluding hydrogens is 248 g/mol. The maximum Gasteiger partial charge on any atom is 0.257 e. The Morgan fingerprint density at radius 1 is 1.56 bits per heavy atom. The molecule has 6 heteroatoms. The number of nitrogen functional groups attached to an aromatic ring is 1. The molecular formula is C12H20N4OS. The van der Waals surface area contributed by atoms with Crippen LogP contribution in [0.3, 0.4) is 0 Å². The van der Waals surface area contributed by atoms with E-state index in [2.05, 4.69) is 21.9 Å². The predicted octanol–water partition coefficient (Wildman–Crippen LogP) is 1.93. The number of rotatable bonds is 4. The van der Waals surface area contributed by atoms with Gasteiger partial charge in [-0.15, -0.1) is 0 Å². The summed E-state index contributed by atoms with van der Waals surface area (Å²) in [6.07, 6.45) is 3.83. The lowest BCUT2D eigenvalue weighted by atomic mass is 10.1. The molecule has 2 unspecified atom stereocenters.